The maximum atomic E-state index is 12.8. The van der Waals surface area contributed by atoms with Gasteiger partial charge in [-0.2, -0.15) is 0 Å². The third kappa shape index (κ3) is 5.18. The first-order valence-electron chi connectivity index (χ1n) is 11.8. The lowest BCUT2D eigenvalue weighted by molar-refractivity contribution is -0.134. The molecular weight excluding hydrogens is 436 g/mol. The second-order valence-corrected chi connectivity index (χ2v) is 9.93. The van der Waals surface area contributed by atoms with E-state index in [-0.39, 0.29) is 11.5 Å². The molecule has 5 rings (SSSR count). The number of amides is 1. The lowest BCUT2D eigenvalue weighted by Crippen LogP contribution is -2.48. The zero-order valence-electron chi connectivity index (χ0n) is 18.8. The van der Waals surface area contributed by atoms with E-state index in [9.17, 15) is 9.59 Å². The SMILES string of the molecule is O=C(CCOCc1ccccc1)N1CCN(Cc2nc3sc4c(c3c(=O)[nH]2)CCCC4)CC1. The first kappa shape index (κ1) is 22.3. The highest BCUT2D eigenvalue weighted by molar-refractivity contribution is 7.18. The number of carbonyl (C=O) groups excluding carboxylic acids is 1. The number of H-pyrrole nitrogens is 1. The van der Waals surface area contributed by atoms with Crippen molar-refractivity contribution in [2.45, 2.75) is 45.3 Å². The fraction of sp³-hybridized carbons (Fsp3) is 0.480. The molecule has 0 atom stereocenters. The molecule has 0 saturated carbocycles. The van der Waals surface area contributed by atoms with E-state index in [0.717, 1.165) is 54.0 Å². The molecule has 2 aliphatic rings. The van der Waals surface area contributed by atoms with Gasteiger partial charge in [-0.3, -0.25) is 14.5 Å². The largest absolute Gasteiger partial charge is 0.376 e. The van der Waals surface area contributed by atoms with Gasteiger partial charge in [-0.15, -0.1) is 11.3 Å². The van der Waals surface area contributed by atoms with Gasteiger partial charge in [0.1, 0.15) is 10.7 Å². The molecular formula is C25H30N4O3S. The molecule has 1 amide bonds. The average Bonchev–Trinajstić information content (AvgIpc) is 3.22. The minimum absolute atomic E-state index is 0.00119. The maximum Gasteiger partial charge on any atom is 0.259 e. The first-order valence-corrected chi connectivity index (χ1v) is 12.6. The Bertz CT molecular complexity index is 1170. The predicted molar refractivity (Wildman–Crippen MR) is 129 cm³/mol. The maximum absolute atomic E-state index is 12.8. The molecule has 0 bridgehead atoms. The van der Waals surface area contributed by atoms with Crippen molar-refractivity contribution in [1.82, 2.24) is 19.8 Å². The number of nitrogens with zero attached hydrogens (tertiary/aromatic N) is 3. The number of nitrogens with one attached hydrogen (secondary N) is 1. The van der Waals surface area contributed by atoms with Crippen LogP contribution in [0.25, 0.3) is 10.2 Å². The van der Waals surface area contributed by atoms with Gasteiger partial charge in [0.15, 0.2) is 0 Å². The van der Waals surface area contributed by atoms with Gasteiger partial charge in [0.05, 0.1) is 31.6 Å². The summed E-state index contributed by atoms with van der Waals surface area (Å²) in [5, 5.41) is 0.809. The summed E-state index contributed by atoms with van der Waals surface area (Å²) in [5.74, 6) is 0.861. The molecule has 0 spiro atoms. The Morgan fingerprint density at radius 1 is 1.09 bits per heavy atom. The number of fused-ring (bicyclic) bond motifs is 3. The number of rotatable bonds is 7. The molecule has 174 valence electrons. The monoisotopic (exact) mass is 466 g/mol. The molecule has 0 radical (unpaired) electrons. The summed E-state index contributed by atoms with van der Waals surface area (Å²) in [4.78, 5) is 39.5. The molecule has 0 unspecified atom stereocenters. The Morgan fingerprint density at radius 3 is 2.70 bits per heavy atom. The molecule has 1 aliphatic carbocycles. The van der Waals surface area contributed by atoms with E-state index < -0.39 is 0 Å². The second kappa shape index (κ2) is 10.2. The second-order valence-electron chi connectivity index (χ2n) is 8.85. The van der Waals surface area contributed by atoms with Crippen LogP contribution in [0.2, 0.25) is 0 Å². The number of benzene rings is 1. The Morgan fingerprint density at radius 2 is 1.88 bits per heavy atom. The number of carbonyl (C=O) groups is 1. The van der Waals surface area contributed by atoms with Crippen LogP contribution in [0.3, 0.4) is 0 Å². The first-order chi connectivity index (χ1) is 16.2. The Hall–Kier alpha value is -2.55. The van der Waals surface area contributed by atoms with Gasteiger partial charge in [-0.25, -0.2) is 4.98 Å². The van der Waals surface area contributed by atoms with Gasteiger partial charge in [-0.05, 0) is 36.8 Å². The highest BCUT2D eigenvalue weighted by Gasteiger charge is 2.23. The lowest BCUT2D eigenvalue weighted by atomic mass is 9.97. The van der Waals surface area contributed by atoms with Crippen molar-refractivity contribution in [3.05, 3.63) is 62.5 Å². The van der Waals surface area contributed by atoms with E-state index >= 15 is 0 Å². The van der Waals surface area contributed by atoms with Crippen LogP contribution in [0.15, 0.2) is 35.1 Å². The fourth-order valence-electron chi connectivity index (χ4n) is 4.73. The van der Waals surface area contributed by atoms with Crippen molar-refractivity contribution in [1.29, 1.82) is 0 Å². The van der Waals surface area contributed by atoms with Crippen LogP contribution in [-0.2, 0) is 35.5 Å². The Balaban J connectivity index is 1.10. The van der Waals surface area contributed by atoms with Crippen LogP contribution in [0.5, 0.6) is 0 Å². The number of hydrogen-bond acceptors (Lipinski definition) is 6. The number of hydrogen-bond donors (Lipinski definition) is 1. The van der Waals surface area contributed by atoms with Gasteiger partial charge in [0, 0.05) is 31.1 Å². The molecule has 8 heteroatoms. The molecule has 7 nitrogen and oxygen atoms in total. The smallest absolute Gasteiger partial charge is 0.259 e. The number of aromatic nitrogens is 2. The van der Waals surface area contributed by atoms with Crippen LogP contribution < -0.4 is 5.56 Å². The number of aromatic amines is 1. The summed E-state index contributed by atoms with van der Waals surface area (Å²) in [7, 11) is 0. The number of piperazine rings is 1. The van der Waals surface area contributed by atoms with Crippen LogP contribution in [0.1, 0.15) is 41.1 Å². The van der Waals surface area contributed by atoms with Gasteiger partial charge in [0.25, 0.3) is 5.56 Å². The van der Waals surface area contributed by atoms with Crippen LogP contribution in [0, 0.1) is 0 Å². The van der Waals surface area contributed by atoms with Gasteiger partial charge >= 0.3 is 0 Å². The standard InChI is InChI=1S/C25H30N4O3S/c30-22(10-15-32-17-18-6-2-1-3-7-18)29-13-11-28(12-14-29)16-21-26-24(31)23-19-8-4-5-9-20(19)33-25(23)27-21/h1-3,6-7H,4-5,8-17H2,(H,26,27,31). The van der Waals surface area contributed by atoms with Crippen LogP contribution in [0.4, 0.5) is 0 Å². The van der Waals surface area contributed by atoms with Crippen LogP contribution in [-0.4, -0.2) is 58.5 Å². The summed E-state index contributed by atoms with van der Waals surface area (Å²) in [6.45, 7) is 4.51. The highest BCUT2D eigenvalue weighted by atomic mass is 32.1. The van der Waals surface area contributed by atoms with Crippen molar-refractivity contribution in [2.24, 2.45) is 0 Å². The van der Waals surface area contributed by atoms with Crippen molar-refractivity contribution >= 4 is 27.5 Å². The van der Waals surface area contributed by atoms with Gasteiger partial charge < -0.3 is 14.6 Å². The quantitative estimate of drug-likeness (QED) is 0.542. The predicted octanol–water partition coefficient (Wildman–Crippen LogP) is 3.11. The van der Waals surface area contributed by atoms with Crippen molar-refractivity contribution < 1.29 is 9.53 Å². The minimum Gasteiger partial charge on any atom is -0.376 e. The molecule has 1 aromatic carbocycles. The molecule has 1 saturated heterocycles. The van der Waals surface area contributed by atoms with Crippen LogP contribution >= 0.6 is 11.3 Å². The normalized spacial score (nSPS) is 16.8. The molecule has 3 heterocycles. The molecule has 1 fully saturated rings. The minimum atomic E-state index is -0.00119. The fourth-order valence-corrected chi connectivity index (χ4v) is 6.01. The summed E-state index contributed by atoms with van der Waals surface area (Å²) >= 11 is 1.69. The van der Waals surface area contributed by atoms with E-state index in [1.165, 1.54) is 16.9 Å². The van der Waals surface area contributed by atoms with Crippen molar-refractivity contribution in [3.63, 3.8) is 0 Å². The molecule has 3 aromatic rings. The summed E-state index contributed by atoms with van der Waals surface area (Å²) in [5.41, 5.74) is 2.34. The van der Waals surface area contributed by atoms with E-state index in [4.69, 9.17) is 9.72 Å². The van der Waals surface area contributed by atoms with E-state index in [2.05, 4.69) is 9.88 Å². The van der Waals surface area contributed by atoms with E-state index in [0.29, 0.717) is 39.3 Å². The van der Waals surface area contributed by atoms with Crippen molar-refractivity contribution in [3.8, 4) is 0 Å². The third-order valence-corrected chi connectivity index (χ3v) is 7.73. The van der Waals surface area contributed by atoms with Gasteiger partial charge in [0.2, 0.25) is 5.91 Å². The zero-order valence-corrected chi connectivity index (χ0v) is 19.7. The zero-order chi connectivity index (χ0) is 22.6. The summed E-state index contributed by atoms with van der Waals surface area (Å²) in [6.07, 6.45) is 4.82. The molecule has 1 N–H and O–H groups in total. The number of aryl methyl sites for hydroxylation is 2. The molecule has 33 heavy (non-hydrogen) atoms. The highest BCUT2D eigenvalue weighted by Crippen LogP contribution is 2.33. The molecule has 2 aromatic heterocycles. The lowest BCUT2D eigenvalue weighted by Gasteiger charge is -2.34. The van der Waals surface area contributed by atoms with E-state index in [1.54, 1.807) is 11.3 Å². The summed E-state index contributed by atoms with van der Waals surface area (Å²) < 4.78 is 5.66. The number of thiophene rings is 1. The Labute approximate surface area is 197 Å². The van der Waals surface area contributed by atoms with Gasteiger partial charge in [-0.1, -0.05) is 30.3 Å². The average molecular weight is 467 g/mol. The Kier molecular flexibility index (Phi) is 6.85. The summed E-state index contributed by atoms with van der Waals surface area (Å²) in [6, 6.07) is 10.00. The van der Waals surface area contributed by atoms with E-state index in [1.807, 2.05) is 35.2 Å². The number of ether oxygens (including phenoxy) is 1. The molecule has 1 aliphatic heterocycles. The third-order valence-electron chi connectivity index (χ3n) is 6.54. The topological polar surface area (TPSA) is 78.5 Å². The van der Waals surface area contributed by atoms with Crippen molar-refractivity contribution in [2.75, 3.05) is 32.8 Å².